The number of rotatable bonds is 4. The third-order valence-corrected chi connectivity index (χ3v) is 7.31. The number of aromatic amines is 1. The van der Waals surface area contributed by atoms with E-state index in [0.29, 0.717) is 0 Å². The summed E-state index contributed by atoms with van der Waals surface area (Å²) in [5, 5.41) is 7.47. The number of hydrogen-bond acceptors (Lipinski definition) is 6. The summed E-state index contributed by atoms with van der Waals surface area (Å²) in [6.07, 6.45) is 10.6. The fourth-order valence-corrected chi connectivity index (χ4v) is 5.50. The van der Waals surface area contributed by atoms with Crippen LogP contribution in [-0.4, -0.2) is 62.3 Å². The van der Waals surface area contributed by atoms with E-state index >= 15 is 0 Å². The molecule has 0 bridgehead atoms. The zero-order valence-corrected chi connectivity index (χ0v) is 19.7. The van der Waals surface area contributed by atoms with Crippen LogP contribution < -0.4 is 4.90 Å². The molecule has 6 rings (SSSR count). The van der Waals surface area contributed by atoms with Crippen LogP contribution in [0.5, 0.6) is 0 Å². The second-order valence-electron chi connectivity index (χ2n) is 9.55. The summed E-state index contributed by atoms with van der Waals surface area (Å²) in [4.78, 5) is 19.6. The van der Waals surface area contributed by atoms with Gasteiger partial charge in [-0.25, -0.2) is 4.98 Å². The van der Waals surface area contributed by atoms with E-state index in [4.69, 9.17) is 9.97 Å². The van der Waals surface area contributed by atoms with Crippen molar-refractivity contribution in [3.8, 4) is 22.6 Å². The van der Waals surface area contributed by atoms with Gasteiger partial charge in [0.2, 0.25) is 0 Å². The number of anilines is 1. The van der Waals surface area contributed by atoms with Gasteiger partial charge in [0.05, 0.1) is 34.3 Å². The molecular formula is C27H31N7. The summed E-state index contributed by atoms with van der Waals surface area (Å²) in [7, 11) is 0. The Balaban J connectivity index is 1.28. The molecular weight excluding hydrogens is 422 g/mol. The Labute approximate surface area is 200 Å². The van der Waals surface area contributed by atoms with Crippen LogP contribution in [0.1, 0.15) is 37.8 Å². The first-order chi connectivity index (χ1) is 16.7. The number of aryl methyl sites for hydroxylation is 1. The monoisotopic (exact) mass is 453 g/mol. The van der Waals surface area contributed by atoms with Gasteiger partial charge in [-0.1, -0.05) is 18.9 Å². The van der Waals surface area contributed by atoms with Gasteiger partial charge in [0.1, 0.15) is 5.69 Å². The Morgan fingerprint density at radius 3 is 2.68 bits per heavy atom. The van der Waals surface area contributed by atoms with E-state index in [2.05, 4.69) is 31.0 Å². The van der Waals surface area contributed by atoms with Gasteiger partial charge < -0.3 is 4.90 Å². The molecule has 4 aromatic heterocycles. The molecule has 1 aliphatic heterocycles. The maximum absolute atomic E-state index is 5.00. The SMILES string of the molecule is Cc1cccc(-c2n[nH]cc2-c2ccc3ncc(N4CCCN(C5CCCC5)CC4)cc3n2)n1. The van der Waals surface area contributed by atoms with Crippen molar-refractivity contribution in [3.63, 3.8) is 0 Å². The standard InChI is InChI=1S/C27H31N7/c1-19-6-4-9-25(30-19)27-22(18-29-32-27)23-10-11-24-26(31-23)16-21(17-28-24)34-13-5-12-33(14-15-34)20-7-2-3-8-20/h4,6,9-11,16-18,20H,2-3,5,7-8,12-15H2,1H3,(H,29,32). The minimum atomic E-state index is 0.797. The smallest absolute Gasteiger partial charge is 0.120 e. The third-order valence-electron chi connectivity index (χ3n) is 7.31. The van der Waals surface area contributed by atoms with E-state index in [9.17, 15) is 0 Å². The number of aromatic nitrogens is 5. The first kappa shape index (κ1) is 21.2. The molecule has 1 aliphatic carbocycles. The average Bonchev–Trinajstić information content (AvgIpc) is 3.52. The summed E-state index contributed by atoms with van der Waals surface area (Å²) >= 11 is 0. The van der Waals surface area contributed by atoms with Crippen LogP contribution in [0.15, 0.2) is 48.8 Å². The Morgan fingerprint density at radius 1 is 0.882 bits per heavy atom. The highest BCUT2D eigenvalue weighted by atomic mass is 15.2. The predicted molar refractivity (Wildman–Crippen MR) is 136 cm³/mol. The van der Waals surface area contributed by atoms with Gasteiger partial charge in [-0.15, -0.1) is 0 Å². The summed E-state index contributed by atoms with van der Waals surface area (Å²) in [5.74, 6) is 0. The molecule has 0 radical (unpaired) electrons. The van der Waals surface area contributed by atoms with Crippen LogP contribution in [0.3, 0.4) is 0 Å². The van der Waals surface area contributed by atoms with E-state index in [1.54, 1.807) is 0 Å². The molecule has 7 heteroatoms. The number of fused-ring (bicyclic) bond motifs is 1. The molecule has 34 heavy (non-hydrogen) atoms. The summed E-state index contributed by atoms with van der Waals surface area (Å²) in [6.45, 7) is 6.46. The quantitative estimate of drug-likeness (QED) is 0.476. The van der Waals surface area contributed by atoms with E-state index in [0.717, 1.165) is 70.7 Å². The summed E-state index contributed by atoms with van der Waals surface area (Å²) < 4.78 is 0. The molecule has 0 atom stereocenters. The molecule has 2 fully saturated rings. The van der Waals surface area contributed by atoms with Crippen molar-refractivity contribution >= 4 is 16.7 Å². The normalized spacial score (nSPS) is 18.0. The van der Waals surface area contributed by atoms with Crippen molar-refractivity contribution in [2.75, 3.05) is 31.1 Å². The molecule has 0 amide bonds. The second kappa shape index (κ2) is 9.14. The van der Waals surface area contributed by atoms with E-state index in [-0.39, 0.29) is 0 Å². The predicted octanol–water partition coefficient (Wildman–Crippen LogP) is 4.85. The largest absolute Gasteiger partial charge is 0.369 e. The van der Waals surface area contributed by atoms with Gasteiger partial charge in [-0.3, -0.25) is 20.0 Å². The Kier molecular flexibility index (Phi) is 5.71. The van der Waals surface area contributed by atoms with Gasteiger partial charge in [0.25, 0.3) is 0 Å². The lowest BCUT2D eigenvalue weighted by molar-refractivity contribution is 0.213. The van der Waals surface area contributed by atoms with Crippen LogP contribution in [0.2, 0.25) is 0 Å². The van der Waals surface area contributed by atoms with Gasteiger partial charge in [-0.2, -0.15) is 5.10 Å². The zero-order chi connectivity index (χ0) is 22.9. The van der Waals surface area contributed by atoms with E-state index in [1.165, 1.54) is 38.6 Å². The molecule has 4 aromatic rings. The van der Waals surface area contributed by atoms with Crippen molar-refractivity contribution in [3.05, 3.63) is 54.5 Å². The first-order valence-corrected chi connectivity index (χ1v) is 12.5. The Morgan fingerprint density at radius 2 is 1.79 bits per heavy atom. The molecule has 1 N–H and O–H groups in total. The highest BCUT2D eigenvalue weighted by molar-refractivity contribution is 5.84. The van der Waals surface area contributed by atoms with Crippen LogP contribution >= 0.6 is 0 Å². The Hall–Kier alpha value is -3.32. The fourth-order valence-electron chi connectivity index (χ4n) is 5.50. The van der Waals surface area contributed by atoms with Crippen LogP contribution in [-0.2, 0) is 0 Å². The fraction of sp³-hybridized carbons (Fsp3) is 0.407. The molecule has 174 valence electrons. The average molecular weight is 454 g/mol. The topological polar surface area (TPSA) is 73.8 Å². The van der Waals surface area contributed by atoms with Crippen molar-refractivity contribution in [2.45, 2.75) is 45.1 Å². The van der Waals surface area contributed by atoms with Gasteiger partial charge >= 0.3 is 0 Å². The summed E-state index contributed by atoms with van der Waals surface area (Å²) in [5.41, 5.74) is 7.45. The van der Waals surface area contributed by atoms with E-state index in [1.807, 2.05) is 49.6 Å². The zero-order valence-electron chi connectivity index (χ0n) is 19.7. The van der Waals surface area contributed by atoms with Gasteiger partial charge in [0.15, 0.2) is 0 Å². The number of H-pyrrole nitrogens is 1. The third kappa shape index (κ3) is 4.16. The molecule has 7 nitrogen and oxygen atoms in total. The van der Waals surface area contributed by atoms with Crippen molar-refractivity contribution in [1.82, 2.24) is 30.0 Å². The number of nitrogens with one attached hydrogen (secondary N) is 1. The van der Waals surface area contributed by atoms with Crippen LogP contribution in [0, 0.1) is 6.92 Å². The van der Waals surface area contributed by atoms with Crippen molar-refractivity contribution < 1.29 is 0 Å². The van der Waals surface area contributed by atoms with Gasteiger partial charge in [-0.05, 0) is 56.5 Å². The highest BCUT2D eigenvalue weighted by Gasteiger charge is 2.25. The lowest BCUT2D eigenvalue weighted by Gasteiger charge is -2.27. The first-order valence-electron chi connectivity index (χ1n) is 12.5. The lowest BCUT2D eigenvalue weighted by Crippen LogP contribution is -2.36. The van der Waals surface area contributed by atoms with E-state index < -0.39 is 0 Å². The highest BCUT2D eigenvalue weighted by Crippen LogP contribution is 2.30. The summed E-state index contributed by atoms with van der Waals surface area (Å²) in [6, 6.07) is 13.0. The maximum atomic E-state index is 5.00. The Bertz CT molecular complexity index is 1290. The van der Waals surface area contributed by atoms with Gasteiger partial charge in [0, 0.05) is 49.7 Å². The number of nitrogens with zero attached hydrogens (tertiary/aromatic N) is 6. The minimum absolute atomic E-state index is 0.797. The van der Waals surface area contributed by atoms with Crippen molar-refractivity contribution in [2.24, 2.45) is 0 Å². The molecule has 2 aliphatic rings. The maximum Gasteiger partial charge on any atom is 0.120 e. The molecule has 0 aromatic carbocycles. The lowest BCUT2D eigenvalue weighted by atomic mass is 10.1. The van der Waals surface area contributed by atoms with Crippen LogP contribution in [0.4, 0.5) is 5.69 Å². The van der Waals surface area contributed by atoms with Crippen molar-refractivity contribution in [1.29, 1.82) is 0 Å². The molecule has 1 saturated heterocycles. The molecule has 5 heterocycles. The number of pyridine rings is 3. The molecule has 1 saturated carbocycles. The minimum Gasteiger partial charge on any atom is -0.369 e. The van der Waals surface area contributed by atoms with Crippen LogP contribution in [0.25, 0.3) is 33.7 Å². The molecule has 0 unspecified atom stereocenters. The molecule has 0 spiro atoms. The number of hydrogen-bond donors (Lipinski definition) is 1. The second-order valence-corrected chi connectivity index (χ2v) is 9.55.